The minimum atomic E-state index is -1.24. The molecule has 1 aromatic heterocycles. The Morgan fingerprint density at radius 2 is 2.09 bits per heavy atom. The van der Waals surface area contributed by atoms with Gasteiger partial charge in [0.1, 0.15) is 5.82 Å². The van der Waals surface area contributed by atoms with Crippen molar-refractivity contribution in [2.75, 3.05) is 6.54 Å². The molecule has 23 heavy (non-hydrogen) atoms. The fourth-order valence-electron chi connectivity index (χ4n) is 2.80. The van der Waals surface area contributed by atoms with E-state index in [0.29, 0.717) is 12.6 Å². The molecule has 4 nitrogen and oxygen atoms in total. The summed E-state index contributed by atoms with van der Waals surface area (Å²) < 4.78 is 43.0. The van der Waals surface area contributed by atoms with Crippen LogP contribution in [0.3, 0.4) is 0 Å². The van der Waals surface area contributed by atoms with Crippen molar-refractivity contribution in [2.45, 2.75) is 18.9 Å². The molecule has 1 fully saturated rings. The average Bonchev–Trinajstić information content (AvgIpc) is 3.00. The van der Waals surface area contributed by atoms with Crippen LogP contribution in [0.15, 0.2) is 22.8 Å². The summed E-state index contributed by atoms with van der Waals surface area (Å²) in [6, 6.07) is 1.46. The molecule has 8 heteroatoms. The van der Waals surface area contributed by atoms with Crippen molar-refractivity contribution in [3.8, 4) is 0 Å². The normalized spacial score (nSPS) is 18.0. The number of rotatable bonds is 3. The molecule has 1 saturated heterocycles. The van der Waals surface area contributed by atoms with Crippen molar-refractivity contribution < 1.29 is 18.0 Å². The number of aryl methyl sites for hydroxylation is 1. The second kappa shape index (κ2) is 5.99. The third-order valence-corrected chi connectivity index (χ3v) is 4.69. The Morgan fingerprint density at radius 3 is 2.74 bits per heavy atom. The molecule has 0 aliphatic carbocycles. The van der Waals surface area contributed by atoms with Gasteiger partial charge >= 0.3 is 0 Å². The van der Waals surface area contributed by atoms with E-state index in [-0.39, 0.29) is 24.4 Å². The highest BCUT2D eigenvalue weighted by Gasteiger charge is 2.34. The molecule has 0 radical (unpaired) electrons. The summed E-state index contributed by atoms with van der Waals surface area (Å²) in [7, 11) is 1.75. The lowest BCUT2D eigenvalue weighted by Gasteiger charge is -2.17. The number of carbonyl (C=O) groups is 1. The van der Waals surface area contributed by atoms with E-state index in [9.17, 15) is 18.0 Å². The third kappa shape index (κ3) is 2.99. The van der Waals surface area contributed by atoms with Gasteiger partial charge in [-0.1, -0.05) is 0 Å². The lowest BCUT2D eigenvalue weighted by atomic mass is 9.97. The summed E-state index contributed by atoms with van der Waals surface area (Å²) in [6.07, 6.45) is 1.64. The highest BCUT2D eigenvalue weighted by molar-refractivity contribution is 9.10. The number of carbonyl (C=O) groups excluding carboxylic acids is 1. The molecule has 1 atom stereocenters. The first-order chi connectivity index (χ1) is 10.9. The molecular formula is C15H13BrF3N3O. The summed E-state index contributed by atoms with van der Waals surface area (Å²) in [6.45, 7) is 0.502. The number of halogens is 4. The number of aromatic nitrogens is 2. The number of likely N-dealkylation sites (tertiary alicyclic amines) is 1. The van der Waals surface area contributed by atoms with E-state index in [1.807, 2.05) is 0 Å². The second-order valence-corrected chi connectivity index (χ2v) is 6.38. The standard InChI is InChI=1S/C15H13BrF3N3O/c1-21-13(11(16)5-20-21)7-22-6-8(2-14(22)23)10-3-9(17)4-12(18)15(10)19/h3-5,8H,2,6-7H2,1H3. The zero-order chi connectivity index (χ0) is 16.7. The van der Waals surface area contributed by atoms with Crippen molar-refractivity contribution in [2.24, 2.45) is 7.05 Å². The van der Waals surface area contributed by atoms with Gasteiger partial charge in [0.25, 0.3) is 0 Å². The van der Waals surface area contributed by atoms with Crippen molar-refractivity contribution in [1.82, 2.24) is 14.7 Å². The Labute approximate surface area is 139 Å². The van der Waals surface area contributed by atoms with E-state index in [1.165, 1.54) is 4.90 Å². The molecule has 0 N–H and O–H groups in total. The Kier molecular flexibility index (Phi) is 4.18. The summed E-state index contributed by atoms with van der Waals surface area (Å²) in [5, 5.41) is 4.07. The number of nitrogens with zero attached hydrogens (tertiary/aromatic N) is 3. The van der Waals surface area contributed by atoms with E-state index < -0.39 is 23.4 Å². The van der Waals surface area contributed by atoms with Crippen molar-refractivity contribution >= 4 is 21.8 Å². The molecule has 1 unspecified atom stereocenters. The highest BCUT2D eigenvalue weighted by Crippen LogP contribution is 2.32. The summed E-state index contributed by atoms with van der Waals surface area (Å²) in [5.74, 6) is -3.93. The van der Waals surface area contributed by atoms with Crippen LogP contribution in [0.2, 0.25) is 0 Å². The molecule has 122 valence electrons. The maximum atomic E-state index is 13.9. The number of benzene rings is 1. The van der Waals surface area contributed by atoms with E-state index in [0.717, 1.165) is 16.2 Å². The van der Waals surface area contributed by atoms with Crippen LogP contribution in [0.5, 0.6) is 0 Å². The Bertz CT molecular complexity index is 758. The lowest BCUT2D eigenvalue weighted by molar-refractivity contribution is -0.128. The van der Waals surface area contributed by atoms with Crippen LogP contribution < -0.4 is 0 Å². The van der Waals surface area contributed by atoms with Gasteiger partial charge in [-0.2, -0.15) is 5.10 Å². The van der Waals surface area contributed by atoms with Crippen LogP contribution in [-0.4, -0.2) is 27.1 Å². The maximum absolute atomic E-state index is 13.9. The van der Waals surface area contributed by atoms with Gasteiger partial charge in [-0.25, -0.2) is 13.2 Å². The fourth-order valence-corrected chi connectivity index (χ4v) is 3.27. The van der Waals surface area contributed by atoms with Crippen LogP contribution in [-0.2, 0) is 18.4 Å². The van der Waals surface area contributed by atoms with Crippen molar-refractivity contribution in [1.29, 1.82) is 0 Å². The monoisotopic (exact) mass is 387 g/mol. The molecule has 1 aliphatic heterocycles. The summed E-state index contributed by atoms with van der Waals surface area (Å²) >= 11 is 3.35. The quantitative estimate of drug-likeness (QED) is 0.758. The molecule has 2 heterocycles. The van der Waals surface area contributed by atoms with Gasteiger partial charge in [0, 0.05) is 32.0 Å². The molecule has 1 aromatic carbocycles. The van der Waals surface area contributed by atoms with E-state index in [1.54, 1.807) is 17.9 Å². The third-order valence-electron chi connectivity index (χ3n) is 4.03. The minimum Gasteiger partial charge on any atom is -0.336 e. The van der Waals surface area contributed by atoms with Crippen LogP contribution in [0.25, 0.3) is 0 Å². The molecule has 1 aliphatic rings. The summed E-state index contributed by atoms with van der Waals surface area (Å²) in [5.41, 5.74) is 0.701. The van der Waals surface area contributed by atoms with Gasteiger partial charge < -0.3 is 4.90 Å². The predicted molar refractivity (Wildman–Crippen MR) is 80.0 cm³/mol. The van der Waals surface area contributed by atoms with Crippen LogP contribution in [0, 0.1) is 17.5 Å². The number of amides is 1. The average molecular weight is 388 g/mol. The maximum Gasteiger partial charge on any atom is 0.223 e. The van der Waals surface area contributed by atoms with Crippen molar-refractivity contribution in [3.05, 3.63) is 51.5 Å². The van der Waals surface area contributed by atoms with Crippen molar-refractivity contribution in [3.63, 3.8) is 0 Å². The SMILES string of the molecule is Cn1ncc(Br)c1CN1CC(c2cc(F)cc(F)c2F)CC1=O. The topological polar surface area (TPSA) is 38.1 Å². The first-order valence-corrected chi connectivity index (χ1v) is 7.74. The largest absolute Gasteiger partial charge is 0.336 e. The number of hydrogen-bond donors (Lipinski definition) is 0. The number of hydrogen-bond acceptors (Lipinski definition) is 2. The first kappa shape index (κ1) is 16.0. The van der Waals surface area contributed by atoms with E-state index >= 15 is 0 Å². The zero-order valence-corrected chi connectivity index (χ0v) is 13.8. The second-order valence-electron chi connectivity index (χ2n) is 5.53. The fraction of sp³-hybridized carbons (Fsp3) is 0.333. The summed E-state index contributed by atoms with van der Waals surface area (Å²) in [4.78, 5) is 13.7. The molecular weight excluding hydrogens is 375 g/mol. The van der Waals surface area contributed by atoms with Gasteiger partial charge in [0.15, 0.2) is 11.6 Å². The Hall–Kier alpha value is -1.83. The van der Waals surface area contributed by atoms with Crippen LogP contribution in [0.4, 0.5) is 13.2 Å². The molecule has 3 rings (SSSR count). The smallest absolute Gasteiger partial charge is 0.223 e. The molecule has 0 spiro atoms. The minimum absolute atomic E-state index is 0.0231. The Morgan fingerprint density at radius 1 is 1.35 bits per heavy atom. The lowest BCUT2D eigenvalue weighted by Crippen LogP contribution is -2.26. The first-order valence-electron chi connectivity index (χ1n) is 6.95. The predicted octanol–water partition coefficient (Wildman–Crippen LogP) is 3.12. The van der Waals surface area contributed by atoms with E-state index in [2.05, 4.69) is 21.0 Å². The van der Waals surface area contributed by atoms with Crippen LogP contribution >= 0.6 is 15.9 Å². The van der Waals surface area contributed by atoms with Gasteiger partial charge in [-0.05, 0) is 27.6 Å². The van der Waals surface area contributed by atoms with Gasteiger partial charge in [-0.3, -0.25) is 9.48 Å². The highest BCUT2D eigenvalue weighted by atomic mass is 79.9. The molecule has 1 amide bonds. The molecule has 0 bridgehead atoms. The Balaban J connectivity index is 1.83. The molecule has 2 aromatic rings. The van der Waals surface area contributed by atoms with E-state index in [4.69, 9.17) is 0 Å². The van der Waals surface area contributed by atoms with Gasteiger partial charge in [0.2, 0.25) is 5.91 Å². The molecule has 0 saturated carbocycles. The van der Waals surface area contributed by atoms with Crippen LogP contribution in [0.1, 0.15) is 23.6 Å². The van der Waals surface area contributed by atoms with Gasteiger partial charge in [0.05, 0.1) is 22.9 Å². The van der Waals surface area contributed by atoms with Gasteiger partial charge in [-0.15, -0.1) is 0 Å². The zero-order valence-electron chi connectivity index (χ0n) is 12.2.